The Bertz CT molecular complexity index is 943. The molecule has 0 saturated carbocycles. The molecule has 0 bridgehead atoms. The highest BCUT2D eigenvalue weighted by molar-refractivity contribution is 7.98. The molecule has 0 saturated heterocycles. The molecule has 0 fully saturated rings. The van der Waals surface area contributed by atoms with Crippen molar-refractivity contribution in [2.24, 2.45) is 0 Å². The van der Waals surface area contributed by atoms with Gasteiger partial charge in [-0.25, -0.2) is 4.98 Å². The zero-order chi connectivity index (χ0) is 16.5. The standard InChI is InChI=1S/C13H11N3O4S2/c1-7-3-4-8(5-10(7)22(18,19)20)11-9(6-14)12(17)16-13(15-11)21-2/h3-5H,1-2H3,(H,15,16,17)(H,18,19,20). The molecule has 7 nitrogen and oxygen atoms in total. The third-order valence-electron chi connectivity index (χ3n) is 2.94. The van der Waals surface area contributed by atoms with Crippen LogP contribution in [0.5, 0.6) is 0 Å². The number of hydrogen-bond donors (Lipinski definition) is 2. The molecule has 1 aromatic heterocycles. The third kappa shape index (κ3) is 3.04. The normalized spacial score (nSPS) is 11.2. The van der Waals surface area contributed by atoms with Crippen molar-refractivity contribution in [1.82, 2.24) is 9.97 Å². The number of nitriles is 1. The molecule has 0 aliphatic carbocycles. The van der Waals surface area contributed by atoms with Crippen LogP contribution in [-0.2, 0) is 10.1 Å². The number of rotatable bonds is 3. The summed E-state index contributed by atoms with van der Waals surface area (Å²) in [5.41, 5.74) is -0.148. The lowest BCUT2D eigenvalue weighted by molar-refractivity contribution is 0.482. The fourth-order valence-electron chi connectivity index (χ4n) is 1.89. The molecule has 0 aliphatic rings. The minimum absolute atomic E-state index is 0.0699. The van der Waals surface area contributed by atoms with Gasteiger partial charge < -0.3 is 4.98 Å². The summed E-state index contributed by atoms with van der Waals surface area (Å²) in [5, 5.41) is 9.42. The molecule has 22 heavy (non-hydrogen) atoms. The number of H-pyrrole nitrogens is 1. The van der Waals surface area contributed by atoms with Gasteiger partial charge in [0.2, 0.25) is 0 Å². The van der Waals surface area contributed by atoms with E-state index in [0.29, 0.717) is 10.7 Å². The highest BCUT2D eigenvalue weighted by atomic mass is 32.2. The van der Waals surface area contributed by atoms with Crippen molar-refractivity contribution in [2.75, 3.05) is 6.26 Å². The largest absolute Gasteiger partial charge is 0.300 e. The molecule has 2 rings (SSSR count). The molecule has 2 N–H and O–H groups in total. The Morgan fingerprint density at radius 3 is 2.64 bits per heavy atom. The van der Waals surface area contributed by atoms with Gasteiger partial charge in [0.25, 0.3) is 15.7 Å². The van der Waals surface area contributed by atoms with E-state index in [4.69, 9.17) is 5.26 Å². The first-order valence-corrected chi connectivity index (χ1v) is 8.61. The zero-order valence-electron chi connectivity index (χ0n) is 11.6. The van der Waals surface area contributed by atoms with Crippen molar-refractivity contribution < 1.29 is 13.0 Å². The average molecular weight is 337 g/mol. The lowest BCUT2D eigenvalue weighted by Crippen LogP contribution is -2.14. The highest BCUT2D eigenvalue weighted by Gasteiger charge is 2.18. The maximum Gasteiger partial charge on any atom is 0.294 e. The number of aryl methyl sites for hydroxylation is 1. The second-order valence-corrected chi connectivity index (χ2v) is 6.55. The van der Waals surface area contributed by atoms with Crippen molar-refractivity contribution in [3.8, 4) is 17.3 Å². The van der Waals surface area contributed by atoms with Crippen LogP contribution in [0.25, 0.3) is 11.3 Å². The van der Waals surface area contributed by atoms with E-state index >= 15 is 0 Å². The van der Waals surface area contributed by atoms with Gasteiger partial charge in [-0.3, -0.25) is 9.35 Å². The predicted octanol–water partition coefficient (Wildman–Crippen LogP) is 1.59. The SMILES string of the molecule is CSc1nc(-c2ccc(C)c(S(=O)(=O)O)c2)c(C#N)c(=O)[nH]1. The van der Waals surface area contributed by atoms with E-state index in [1.807, 2.05) is 0 Å². The van der Waals surface area contributed by atoms with Gasteiger partial charge >= 0.3 is 0 Å². The molecule has 114 valence electrons. The van der Waals surface area contributed by atoms with E-state index in [-0.39, 0.29) is 21.7 Å². The van der Waals surface area contributed by atoms with Crippen molar-refractivity contribution in [3.05, 3.63) is 39.7 Å². The van der Waals surface area contributed by atoms with Gasteiger partial charge in [-0.15, -0.1) is 0 Å². The Morgan fingerprint density at radius 1 is 1.41 bits per heavy atom. The summed E-state index contributed by atoms with van der Waals surface area (Å²) in [5.74, 6) is 0. The Kier molecular flexibility index (Phi) is 4.37. The van der Waals surface area contributed by atoms with Crippen LogP contribution < -0.4 is 5.56 Å². The number of nitrogens with one attached hydrogen (secondary N) is 1. The van der Waals surface area contributed by atoms with Gasteiger partial charge in [-0.05, 0) is 24.8 Å². The number of aromatic amines is 1. The van der Waals surface area contributed by atoms with E-state index in [0.717, 1.165) is 0 Å². The number of benzene rings is 1. The van der Waals surface area contributed by atoms with E-state index < -0.39 is 15.7 Å². The molecule has 0 radical (unpaired) electrons. The van der Waals surface area contributed by atoms with Crippen LogP contribution in [0.15, 0.2) is 33.0 Å². The zero-order valence-corrected chi connectivity index (χ0v) is 13.2. The summed E-state index contributed by atoms with van der Waals surface area (Å²) in [6.07, 6.45) is 1.70. The fraction of sp³-hybridized carbons (Fsp3) is 0.154. The van der Waals surface area contributed by atoms with Gasteiger partial charge in [0, 0.05) is 5.56 Å². The van der Waals surface area contributed by atoms with E-state index in [2.05, 4.69) is 9.97 Å². The van der Waals surface area contributed by atoms with Gasteiger partial charge in [0.1, 0.15) is 11.6 Å². The van der Waals surface area contributed by atoms with Crippen LogP contribution >= 0.6 is 11.8 Å². The van der Waals surface area contributed by atoms with Crippen LogP contribution in [0.2, 0.25) is 0 Å². The van der Waals surface area contributed by atoms with Crippen molar-refractivity contribution in [1.29, 1.82) is 5.26 Å². The summed E-state index contributed by atoms with van der Waals surface area (Å²) in [7, 11) is -4.41. The second-order valence-electron chi connectivity index (χ2n) is 4.37. The van der Waals surface area contributed by atoms with Crippen LogP contribution in [0, 0.1) is 18.3 Å². The van der Waals surface area contributed by atoms with Gasteiger partial charge in [-0.1, -0.05) is 23.9 Å². The molecule has 0 unspecified atom stereocenters. The average Bonchev–Trinajstić information content (AvgIpc) is 2.45. The Hall–Kier alpha value is -2.15. The van der Waals surface area contributed by atoms with Gasteiger partial charge in [0.15, 0.2) is 5.16 Å². The van der Waals surface area contributed by atoms with Crippen molar-refractivity contribution in [3.63, 3.8) is 0 Å². The smallest absolute Gasteiger partial charge is 0.294 e. The number of nitrogens with zero attached hydrogens (tertiary/aromatic N) is 2. The molecule has 0 aliphatic heterocycles. The van der Waals surface area contributed by atoms with Gasteiger partial charge in [0.05, 0.1) is 10.6 Å². The van der Waals surface area contributed by atoms with E-state index in [9.17, 15) is 17.8 Å². The lowest BCUT2D eigenvalue weighted by atomic mass is 10.1. The molecule has 9 heteroatoms. The van der Waals surface area contributed by atoms with Crippen LogP contribution in [0.1, 0.15) is 11.1 Å². The first kappa shape index (κ1) is 16.2. The molecule has 1 aromatic carbocycles. The second kappa shape index (κ2) is 5.92. The maximum atomic E-state index is 11.9. The fourth-order valence-corrected chi connectivity index (χ4v) is 3.02. The Morgan fingerprint density at radius 2 is 2.09 bits per heavy atom. The first-order valence-electron chi connectivity index (χ1n) is 5.95. The minimum atomic E-state index is -4.41. The third-order valence-corrected chi connectivity index (χ3v) is 4.52. The highest BCUT2D eigenvalue weighted by Crippen LogP contribution is 2.26. The molecular weight excluding hydrogens is 326 g/mol. The maximum absolute atomic E-state index is 11.9. The lowest BCUT2D eigenvalue weighted by Gasteiger charge is -2.08. The molecule has 2 aromatic rings. The van der Waals surface area contributed by atoms with Crippen LogP contribution in [0.4, 0.5) is 0 Å². The monoisotopic (exact) mass is 337 g/mol. The molecule has 0 atom stereocenters. The molecular formula is C13H11N3O4S2. The summed E-state index contributed by atoms with van der Waals surface area (Å²) in [4.78, 5) is 18.2. The van der Waals surface area contributed by atoms with Crippen molar-refractivity contribution in [2.45, 2.75) is 17.0 Å². The van der Waals surface area contributed by atoms with Crippen LogP contribution in [-0.4, -0.2) is 29.2 Å². The topological polar surface area (TPSA) is 124 Å². The molecule has 0 spiro atoms. The van der Waals surface area contributed by atoms with Crippen molar-refractivity contribution >= 4 is 21.9 Å². The van der Waals surface area contributed by atoms with Crippen LogP contribution in [0.3, 0.4) is 0 Å². The first-order chi connectivity index (χ1) is 10.3. The number of aromatic nitrogens is 2. The number of thioether (sulfide) groups is 1. The summed E-state index contributed by atoms with van der Waals surface area (Å²) in [6, 6.07) is 5.96. The molecule has 0 amide bonds. The summed E-state index contributed by atoms with van der Waals surface area (Å²) in [6.45, 7) is 1.52. The Balaban J connectivity index is 2.81. The summed E-state index contributed by atoms with van der Waals surface area (Å²) < 4.78 is 32.0. The van der Waals surface area contributed by atoms with Gasteiger partial charge in [-0.2, -0.15) is 13.7 Å². The van der Waals surface area contributed by atoms with E-state index in [1.54, 1.807) is 12.3 Å². The minimum Gasteiger partial charge on any atom is -0.300 e. The quantitative estimate of drug-likeness (QED) is 0.495. The van der Waals surface area contributed by atoms with E-state index in [1.165, 1.54) is 36.9 Å². The Labute approximate surface area is 130 Å². The summed E-state index contributed by atoms with van der Waals surface area (Å²) >= 11 is 1.18. The molecule has 1 heterocycles. The number of hydrogen-bond acceptors (Lipinski definition) is 6. The predicted molar refractivity (Wildman–Crippen MR) is 81.3 cm³/mol.